The van der Waals surface area contributed by atoms with Gasteiger partial charge in [0, 0.05) is 5.92 Å². The summed E-state index contributed by atoms with van der Waals surface area (Å²) in [6.45, 7) is 5.50. The first kappa shape index (κ1) is 7.92. The summed E-state index contributed by atoms with van der Waals surface area (Å²) >= 11 is 0. The second-order valence-electron chi connectivity index (χ2n) is 2.28. The average Bonchev–Trinajstić information content (AvgIpc) is 1.67. The molecule has 0 aromatic carbocycles. The minimum Gasteiger partial charge on any atom is -0.376 e. The number of nitrogens with two attached hydrogens (primary N) is 1. The van der Waals surface area contributed by atoms with Gasteiger partial charge < -0.3 is 10.8 Å². The van der Waals surface area contributed by atoms with E-state index in [1.807, 2.05) is 20.8 Å². The molecule has 1 unspecified atom stereocenters. The van der Waals surface area contributed by atoms with Crippen molar-refractivity contribution in [3.05, 3.63) is 5.92 Å². The van der Waals surface area contributed by atoms with Crippen LogP contribution in [0.3, 0.4) is 0 Å². The molecule has 8 heavy (non-hydrogen) atoms. The van der Waals surface area contributed by atoms with E-state index >= 15 is 0 Å². The van der Waals surface area contributed by atoms with Crippen LogP contribution >= 0.6 is 0 Å². The van der Waals surface area contributed by atoms with Crippen LogP contribution in [0, 0.1) is 5.92 Å². The lowest BCUT2D eigenvalue weighted by Crippen LogP contribution is -2.42. The van der Waals surface area contributed by atoms with Crippen molar-refractivity contribution in [2.45, 2.75) is 32.9 Å². The lowest BCUT2D eigenvalue weighted by Gasteiger charge is -2.24. The predicted octanol–water partition coefficient (Wildman–Crippen LogP) is 0.658. The monoisotopic (exact) mass is 116 g/mol. The molecule has 2 nitrogen and oxygen atoms in total. The summed E-state index contributed by atoms with van der Waals surface area (Å²) in [5.74, 6) is 0.861. The van der Waals surface area contributed by atoms with E-state index in [0.717, 1.165) is 5.92 Å². The van der Waals surface area contributed by atoms with Crippen molar-refractivity contribution < 1.29 is 5.11 Å². The summed E-state index contributed by atoms with van der Waals surface area (Å²) in [5, 5.41) is 9.14. The van der Waals surface area contributed by atoms with Gasteiger partial charge in [0.1, 0.15) is 5.72 Å². The number of hydrogen-bond acceptors (Lipinski definition) is 2. The van der Waals surface area contributed by atoms with Crippen molar-refractivity contribution in [1.29, 1.82) is 0 Å². The maximum absolute atomic E-state index is 9.14. The van der Waals surface area contributed by atoms with Gasteiger partial charge >= 0.3 is 0 Å². The first-order valence-electron chi connectivity index (χ1n) is 2.82. The molecule has 0 aliphatic heterocycles. The van der Waals surface area contributed by atoms with Crippen molar-refractivity contribution in [2.75, 3.05) is 0 Å². The summed E-state index contributed by atoms with van der Waals surface area (Å²) < 4.78 is 0. The fourth-order valence-corrected chi connectivity index (χ4v) is 0.354. The first-order chi connectivity index (χ1) is 3.50. The molecule has 1 atom stereocenters. The highest BCUT2D eigenvalue weighted by Gasteiger charge is 2.22. The quantitative estimate of drug-likeness (QED) is 0.520. The van der Waals surface area contributed by atoms with Crippen LogP contribution in [-0.2, 0) is 0 Å². The van der Waals surface area contributed by atoms with Gasteiger partial charge in [-0.25, -0.2) is 0 Å². The maximum Gasteiger partial charge on any atom is 0.119 e. The summed E-state index contributed by atoms with van der Waals surface area (Å²) in [7, 11) is 0. The third-order valence-electron chi connectivity index (χ3n) is 1.40. The Kier molecular flexibility index (Phi) is 2.44. The number of hydrogen-bond donors (Lipinski definition) is 2. The van der Waals surface area contributed by atoms with Crippen LogP contribution in [0.5, 0.6) is 0 Å². The number of aliphatic hydroxyl groups is 1. The molecule has 0 spiro atoms. The molecule has 1 radical (unpaired) electrons. The third-order valence-corrected chi connectivity index (χ3v) is 1.40. The second kappa shape index (κ2) is 2.46. The lowest BCUT2D eigenvalue weighted by molar-refractivity contribution is 0.0590. The van der Waals surface area contributed by atoms with Gasteiger partial charge in [-0.2, -0.15) is 0 Å². The molecule has 0 rings (SSSR count). The van der Waals surface area contributed by atoms with E-state index in [2.05, 4.69) is 0 Å². The van der Waals surface area contributed by atoms with Crippen LogP contribution in [0.4, 0.5) is 0 Å². The minimum atomic E-state index is -1.04. The third kappa shape index (κ3) is 1.80. The topological polar surface area (TPSA) is 46.2 Å². The molecule has 0 amide bonds. The van der Waals surface area contributed by atoms with E-state index in [9.17, 15) is 0 Å². The maximum atomic E-state index is 9.14. The van der Waals surface area contributed by atoms with Gasteiger partial charge in [0.25, 0.3) is 0 Å². The van der Waals surface area contributed by atoms with Gasteiger partial charge in [-0.1, -0.05) is 20.8 Å². The van der Waals surface area contributed by atoms with Gasteiger partial charge in [0.05, 0.1) is 0 Å². The molecular weight excluding hydrogens is 102 g/mol. The fraction of sp³-hybridized carbons (Fsp3) is 0.833. The Morgan fingerprint density at radius 1 is 1.62 bits per heavy atom. The number of rotatable bonds is 2. The molecule has 0 aliphatic rings. The highest BCUT2D eigenvalue weighted by atomic mass is 16.3. The molecule has 2 heteroatoms. The van der Waals surface area contributed by atoms with Crippen molar-refractivity contribution in [2.24, 2.45) is 5.73 Å². The van der Waals surface area contributed by atoms with Gasteiger partial charge in [-0.15, -0.1) is 0 Å². The molecule has 0 bridgehead atoms. The van der Waals surface area contributed by atoms with Gasteiger partial charge in [-0.05, 0) is 6.42 Å². The van der Waals surface area contributed by atoms with E-state index in [-0.39, 0.29) is 0 Å². The molecule has 0 fully saturated rings. The lowest BCUT2D eigenvalue weighted by atomic mass is 9.98. The Labute approximate surface area is 50.7 Å². The Balaban J connectivity index is 3.71. The van der Waals surface area contributed by atoms with Crippen LogP contribution in [0.1, 0.15) is 27.2 Å². The fourth-order valence-electron chi connectivity index (χ4n) is 0.354. The predicted molar refractivity (Wildman–Crippen MR) is 34.0 cm³/mol. The Hall–Kier alpha value is -0.0800. The molecular formula is C6H14NO. The van der Waals surface area contributed by atoms with Crippen LogP contribution in [0.15, 0.2) is 0 Å². The summed E-state index contributed by atoms with van der Waals surface area (Å²) in [5.41, 5.74) is 4.34. The van der Waals surface area contributed by atoms with Crippen molar-refractivity contribution in [1.82, 2.24) is 0 Å². The van der Waals surface area contributed by atoms with Gasteiger partial charge in [-0.3, -0.25) is 0 Å². The minimum absolute atomic E-state index is 0.579. The zero-order valence-corrected chi connectivity index (χ0v) is 5.73. The first-order valence-corrected chi connectivity index (χ1v) is 2.82. The van der Waals surface area contributed by atoms with E-state index in [0.29, 0.717) is 6.42 Å². The SMILES string of the molecule is CCC(N)(O)[C](C)C. The molecule has 0 saturated carbocycles. The van der Waals surface area contributed by atoms with Crippen LogP contribution in [0.2, 0.25) is 0 Å². The largest absolute Gasteiger partial charge is 0.376 e. The van der Waals surface area contributed by atoms with Crippen LogP contribution < -0.4 is 5.73 Å². The molecule has 0 heterocycles. The van der Waals surface area contributed by atoms with Crippen molar-refractivity contribution in [3.63, 3.8) is 0 Å². The summed E-state index contributed by atoms with van der Waals surface area (Å²) in [6, 6.07) is 0. The molecule has 0 aromatic heterocycles. The van der Waals surface area contributed by atoms with E-state index in [4.69, 9.17) is 10.8 Å². The van der Waals surface area contributed by atoms with E-state index in [1.165, 1.54) is 0 Å². The Morgan fingerprint density at radius 3 is 2.00 bits per heavy atom. The Morgan fingerprint density at radius 2 is 2.00 bits per heavy atom. The van der Waals surface area contributed by atoms with Crippen molar-refractivity contribution >= 4 is 0 Å². The standard InChI is InChI=1S/C6H14NO/c1-4-6(7,8)5(2)3/h8H,4,7H2,1-3H3. The summed E-state index contributed by atoms with van der Waals surface area (Å²) in [6.07, 6.45) is 0.579. The van der Waals surface area contributed by atoms with E-state index in [1.54, 1.807) is 0 Å². The average molecular weight is 116 g/mol. The van der Waals surface area contributed by atoms with Gasteiger partial charge in [0.15, 0.2) is 0 Å². The van der Waals surface area contributed by atoms with Gasteiger partial charge in [0.2, 0.25) is 0 Å². The highest BCUT2D eigenvalue weighted by molar-refractivity contribution is 4.96. The summed E-state index contributed by atoms with van der Waals surface area (Å²) in [4.78, 5) is 0. The smallest absolute Gasteiger partial charge is 0.119 e. The Bertz CT molecular complexity index is 68.9. The van der Waals surface area contributed by atoms with Crippen LogP contribution in [-0.4, -0.2) is 10.8 Å². The zero-order valence-electron chi connectivity index (χ0n) is 5.73. The molecule has 0 aliphatic carbocycles. The molecule has 3 N–H and O–H groups in total. The van der Waals surface area contributed by atoms with E-state index < -0.39 is 5.72 Å². The second-order valence-corrected chi connectivity index (χ2v) is 2.28. The molecule has 0 aromatic rings. The van der Waals surface area contributed by atoms with Crippen molar-refractivity contribution in [3.8, 4) is 0 Å². The normalized spacial score (nSPS) is 18.8. The zero-order chi connectivity index (χ0) is 6.78. The van der Waals surface area contributed by atoms with Crippen LogP contribution in [0.25, 0.3) is 0 Å². The molecule has 49 valence electrons. The highest BCUT2D eigenvalue weighted by Crippen LogP contribution is 2.14. The molecule has 0 saturated heterocycles.